The number of nitrogens with zero attached hydrogens (tertiary/aromatic N) is 3. The fourth-order valence-corrected chi connectivity index (χ4v) is 2.63. The molecular weight excluding hydrogens is 318 g/mol. The molecule has 1 aromatic heterocycles. The molecule has 0 spiro atoms. The summed E-state index contributed by atoms with van der Waals surface area (Å²) in [7, 11) is 4.74. The molecule has 0 aliphatic heterocycles. The zero-order chi connectivity index (χ0) is 17.8. The van der Waals surface area contributed by atoms with E-state index < -0.39 is 0 Å². The second kappa shape index (κ2) is 6.97. The molecule has 0 aliphatic rings. The second-order valence-corrected chi connectivity index (χ2v) is 5.20. The van der Waals surface area contributed by atoms with Crippen LogP contribution in [0.15, 0.2) is 48.7 Å². The molecule has 126 valence electrons. The predicted octanol–water partition coefficient (Wildman–Crippen LogP) is 3.44. The summed E-state index contributed by atoms with van der Waals surface area (Å²) in [6.07, 6.45) is 1.72. The average Bonchev–Trinajstić information content (AvgIpc) is 3.16. The van der Waals surface area contributed by atoms with Crippen molar-refractivity contribution >= 4 is 0 Å². The van der Waals surface area contributed by atoms with Gasteiger partial charge < -0.3 is 14.2 Å². The quantitative estimate of drug-likeness (QED) is 0.714. The van der Waals surface area contributed by atoms with Crippen LogP contribution in [0.4, 0.5) is 0 Å². The van der Waals surface area contributed by atoms with Crippen LogP contribution in [0.25, 0.3) is 16.9 Å². The van der Waals surface area contributed by atoms with E-state index in [4.69, 9.17) is 19.5 Å². The van der Waals surface area contributed by atoms with Gasteiger partial charge in [-0.25, -0.2) is 4.68 Å². The molecule has 6 heteroatoms. The molecule has 0 saturated heterocycles. The molecule has 0 radical (unpaired) electrons. The fraction of sp³-hybridized carbons (Fsp3) is 0.158. The average molecular weight is 335 g/mol. The molecule has 0 aliphatic carbocycles. The number of benzene rings is 2. The van der Waals surface area contributed by atoms with Gasteiger partial charge >= 0.3 is 0 Å². The Balaban J connectivity index is 2.12. The summed E-state index contributed by atoms with van der Waals surface area (Å²) in [5, 5.41) is 13.3. The summed E-state index contributed by atoms with van der Waals surface area (Å²) in [6, 6.07) is 15.0. The Morgan fingerprint density at radius 3 is 2.08 bits per heavy atom. The lowest BCUT2D eigenvalue weighted by Crippen LogP contribution is -2.00. The number of hydrogen-bond donors (Lipinski definition) is 0. The molecule has 0 fully saturated rings. The van der Waals surface area contributed by atoms with Crippen LogP contribution in [0.1, 0.15) is 5.56 Å². The monoisotopic (exact) mass is 335 g/mol. The van der Waals surface area contributed by atoms with E-state index in [-0.39, 0.29) is 0 Å². The second-order valence-electron chi connectivity index (χ2n) is 5.20. The number of methoxy groups -OCH3 is 3. The van der Waals surface area contributed by atoms with Crippen LogP contribution in [0.2, 0.25) is 0 Å². The first kappa shape index (κ1) is 16.4. The van der Waals surface area contributed by atoms with Gasteiger partial charge in [0.25, 0.3) is 0 Å². The number of aromatic nitrogens is 2. The molecule has 3 aromatic rings. The van der Waals surface area contributed by atoms with E-state index in [0.29, 0.717) is 22.8 Å². The zero-order valence-corrected chi connectivity index (χ0v) is 14.2. The highest BCUT2D eigenvalue weighted by molar-refractivity contribution is 5.70. The summed E-state index contributed by atoms with van der Waals surface area (Å²) in [6.45, 7) is 0. The molecule has 0 atom stereocenters. The molecule has 0 N–H and O–H groups in total. The Labute approximate surface area is 145 Å². The lowest BCUT2D eigenvalue weighted by atomic mass is 10.1. The van der Waals surface area contributed by atoms with Crippen molar-refractivity contribution in [1.29, 1.82) is 5.26 Å². The highest BCUT2D eigenvalue weighted by atomic mass is 16.5. The van der Waals surface area contributed by atoms with Crippen molar-refractivity contribution < 1.29 is 14.2 Å². The highest BCUT2D eigenvalue weighted by Gasteiger charge is 2.16. The van der Waals surface area contributed by atoms with E-state index in [2.05, 4.69) is 11.2 Å². The molecule has 1 heterocycles. The van der Waals surface area contributed by atoms with E-state index >= 15 is 0 Å². The van der Waals surface area contributed by atoms with Gasteiger partial charge in [0.2, 0.25) is 5.75 Å². The number of rotatable bonds is 5. The van der Waals surface area contributed by atoms with E-state index in [1.807, 2.05) is 30.3 Å². The van der Waals surface area contributed by atoms with Crippen LogP contribution in [-0.4, -0.2) is 31.1 Å². The molecule has 2 aromatic carbocycles. The van der Waals surface area contributed by atoms with Crippen molar-refractivity contribution in [2.45, 2.75) is 0 Å². The van der Waals surface area contributed by atoms with Gasteiger partial charge in [0, 0.05) is 5.56 Å². The van der Waals surface area contributed by atoms with Gasteiger partial charge in [0.05, 0.1) is 50.5 Å². The van der Waals surface area contributed by atoms with Crippen molar-refractivity contribution in [3.63, 3.8) is 0 Å². The third-order valence-corrected chi connectivity index (χ3v) is 3.84. The van der Waals surface area contributed by atoms with Crippen LogP contribution in [-0.2, 0) is 0 Å². The number of ether oxygens (including phenoxy) is 3. The zero-order valence-electron chi connectivity index (χ0n) is 14.2. The molecule has 0 amide bonds. The Kier molecular flexibility index (Phi) is 4.57. The maximum atomic E-state index is 8.94. The maximum absolute atomic E-state index is 8.94. The van der Waals surface area contributed by atoms with Gasteiger partial charge in [-0.2, -0.15) is 10.4 Å². The van der Waals surface area contributed by atoms with Gasteiger partial charge in [0.15, 0.2) is 11.5 Å². The van der Waals surface area contributed by atoms with Gasteiger partial charge in [0.1, 0.15) is 0 Å². The Morgan fingerprint density at radius 1 is 0.920 bits per heavy atom. The van der Waals surface area contributed by atoms with E-state index in [0.717, 1.165) is 16.9 Å². The smallest absolute Gasteiger partial charge is 0.203 e. The van der Waals surface area contributed by atoms with E-state index in [1.54, 1.807) is 44.3 Å². The molecular formula is C19H17N3O3. The first-order valence-corrected chi connectivity index (χ1v) is 7.56. The molecule has 25 heavy (non-hydrogen) atoms. The Bertz CT molecular complexity index is 899. The molecule has 0 bridgehead atoms. The topological polar surface area (TPSA) is 69.3 Å². The molecule has 3 rings (SSSR count). The van der Waals surface area contributed by atoms with Crippen LogP contribution < -0.4 is 14.2 Å². The first-order chi connectivity index (χ1) is 12.2. The van der Waals surface area contributed by atoms with Crippen LogP contribution >= 0.6 is 0 Å². The van der Waals surface area contributed by atoms with Crippen molar-refractivity contribution in [3.8, 4) is 40.3 Å². The van der Waals surface area contributed by atoms with Crippen LogP contribution in [0.3, 0.4) is 0 Å². The minimum atomic E-state index is 0.540. The third-order valence-electron chi connectivity index (χ3n) is 3.84. The lowest BCUT2D eigenvalue weighted by molar-refractivity contribution is 0.324. The Morgan fingerprint density at radius 2 is 1.56 bits per heavy atom. The summed E-state index contributed by atoms with van der Waals surface area (Å²) in [5.41, 5.74) is 3.19. The molecule has 0 saturated carbocycles. The summed E-state index contributed by atoms with van der Waals surface area (Å²) in [5.74, 6) is 1.69. The predicted molar refractivity (Wildman–Crippen MR) is 93.4 cm³/mol. The largest absolute Gasteiger partial charge is 0.493 e. The SMILES string of the molecule is COc1cc(-c2ccnn2-c2ccc(C#N)cc2)cc(OC)c1OC. The maximum Gasteiger partial charge on any atom is 0.203 e. The summed E-state index contributed by atoms with van der Waals surface area (Å²) >= 11 is 0. The number of hydrogen-bond acceptors (Lipinski definition) is 5. The fourth-order valence-electron chi connectivity index (χ4n) is 2.63. The Hall–Kier alpha value is -3.46. The standard InChI is InChI=1S/C19H17N3O3/c1-23-17-10-14(11-18(24-2)19(17)25-3)16-8-9-21-22(16)15-6-4-13(12-20)5-7-15/h4-11H,1-3H3. The minimum Gasteiger partial charge on any atom is -0.493 e. The van der Waals surface area contributed by atoms with Gasteiger partial charge in [-0.3, -0.25) is 0 Å². The van der Waals surface area contributed by atoms with Gasteiger partial charge in [-0.05, 0) is 42.5 Å². The van der Waals surface area contributed by atoms with Crippen molar-refractivity contribution in [2.75, 3.05) is 21.3 Å². The number of nitriles is 1. The lowest BCUT2D eigenvalue weighted by Gasteiger charge is -2.15. The third kappa shape index (κ3) is 3.00. The van der Waals surface area contributed by atoms with Crippen molar-refractivity contribution in [1.82, 2.24) is 9.78 Å². The van der Waals surface area contributed by atoms with Crippen LogP contribution in [0, 0.1) is 11.3 Å². The van der Waals surface area contributed by atoms with Gasteiger partial charge in [-0.15, -0.1) is 0 Å². The summed E-state index contributed by atoms with van der Waals surface area (Å²) in [4.78, 5) is 0. The van der Waals surface area contributed by atoms with E-state index in [1.165, 1.54) is 0 Å². The minimum absolute atomic E-state index is 0.540. The van der Waals surface area contributed by atoms with Gasteiger partial charge in [-0.1, -0.05) is 0 Å². The van der Waals surface area contributed by atoms with Crippen molar-refractivity contribution in [3.05, 3.63) is 54.2 Å². The van der Waals surface area contributed by atoms with Crippen molar-refractivity contribution in [2.24, 2.45) is 0 Å². The molecule has 6 nitrogen and oxygen atoms in total. The summed E-state index contributed by atoms with van der Waals surface area (Å²) < 4.78 is 18.0. The normalized spacial score (nSPS) is 10.2. The molecule has 0 unspecified atom stereocenters. The first-order valence-electron chi connectivity index (χ1n) is 7.56. The van der Waals surface area contributed by atoms with E-state index in [9.17, 15) is 0 Å². The van der Waals surface area contributed by atoms with Crippen LogP contribution in [0.5, 0.6) is 17.2 Å². The highest BCUT2D eigenvalue weighted by Crippen LogP contribution is 2.41.